The first kappa shape index (κ1) is 67.6. The molecule has 0 aromatic carbocycles. The van der Waals surface area contributed by atoms with Gasteiger partial charge < -0.3 is 14.2 Å². The Hall–Kier alpha value is -3.41. The third-order valence-corrected chi connectivity index (χ3v) is 12.8. The molecule has 0 radical (unpaired) electrons. The lowest BCUT2D eigenvalue weighted by Gasteiger charge is -2.18. The standard InChI is InChI=1S/C65H112O6/c1-4-7-10-13-16-19-22-25-28-31-32-35-37-40-43-46-49-52-55-58-64(67)70-61-62(71-65(68)59-56-53-50-47-44-41-38-34-30-27-24-21-18-15-12-9-6-3)60-69-63(66)57-54-51-48-45-42-39-36-33-29-26-23-20-17-14-11-8-5-2/h16,18-19,21,25-30,32,35,40,43,62H,4-15,17,20,22-24,31,33-34,36-39,41-42,44-61H2,1-3H3/b19-16+,21-18+,28-25+,29-26+,30-27+,35-32+,43-40+/t62-/m1/s1. The number of allylic oxidation sites excluding steroid dienone is 14. The first-order chi connectivity index (χ1) is 35.0. The molecule has 0 aliphatic carbocycles. The molecule has 0 saturated carbocycles. The van der Waals surface area contributed by atoms with Gasteiger partial charge in [-0.15, -0.1) is 0 Å². The van der Waals surface area contributed by atoms with E-state index < -0.39 is 6.10 Å². The molecule has 0 aliphatic rings. The molecule has 0 unspecified atom stereocenters. The highest BCUT2D eigenvalue weighted by atomic mass is 16.6. The zero-order valence-electron chi connectivity index (χ0n) is 46.7. The zero-order valence-corrected chi connectivity index (χ0v) is 46.7. The number of hydrogen-bond acceptors (Lipinski definition) is 6. The average Bonchev–Trinajstić information content (AvgIpc) is 3.37. The van der Waals surface area contributed by atoms with Crippen LogP contribution in [0.2, 0.25) is 0 Å². The van der Waals surface area contributed by atoms with Gasteiger partial charge in [0.2, 0.25) is 0 Å². The SMILES string of the molecule is CCCCC/C=C/C/C=C/C/C=C/C/C=C/CCCCCC(=O)OC[C@@H](COC(=O)CCCCCCCCC/C=C/CCCCCCCC)OC(=O)CCCCCCCCC/C=C/C/C=C/CCCCC. The van der Waals surface area contributed by atoms with Crippen LogP contribution in [0.15, 0.2) is 85.1 Å². The summed E-state index contributed by atoms with van der Waals surface area (Å²) >= 11 is 0. The van der Waals surface area contributed by atoms with Crippen LogP contribution in [0.25, 0.3) is 0 Å². The molecule has 0 aromatic heterocycles. The van der Waals surface area contributed by atoms with Crippen LogP contribution in [0.4, 0.5) is 0 Å². The fraction of sp³-hybridized carbons (Fsp3) is 0.738. The largest absolute Gasteiger partial charge is 0.462 e. The molecule has 0 aromatic rings. The molecule has 6 heteroatoms. The summed E-state index contributed by atoms with van der Waals surface area (Å²) in [4.78, 5) is 38.2. The minimum atomic E-state index is -0.797. The Morgan fingerprint density at radius 2 is 0.507 bits per heavy atom. The van der Waals surface area contributed by atoms with E-state index in [4.69, 9.17) is 14.2 Å². The summed E-state index contributed by atoms with van der Waals surface area (Å²) in [5, 5.41) is 0. The topological polar surface area (TPSA) is 78.9 Å². The Morgan fingerprint density at radius 1 is 0.282 bits per heavy atom. The number of ether oxygens (including phenoxy) is 3. The van der Waals surface area contributed by atoms with Crippen LogP contribution in [0, 0.1) is 0 Å². The molecule has 1 atom stereocenters. The molecule has 0 saturated heterocycles. The highest BCUT2D eigenvalue weighted by Gasteiger charge is 2.19. The molecule has 71 heavy (non-hydrogen) atoms. The summed E-state index contributed by atoms with van der Waals surface area (Å²) in [6, 6.07) is 0. The Labute approximate surface area is 439 Å². The third-order valence-electron chi connectivity index (χ3n) is 12.8. The molecular formula is C65H112O6. The second-order valence-electron chi connectivity index (χ2n) is 19.9. The van der Waals surface area contributed by atoms with E-state index in [1.165, 1.54) is 154 Å². The molecule has 0 bridgehead atoms. The van der Waals surface area contributed by atoms with Crippen molar-refractivity contribution < 1.29 is 28.6 Å². The Bertz CT molecular complexity index is 1370. The number of rotatable bonds is 54. The lowest BCUT2D eigenvalue weighted by atomic mass is 10.1. The van der Waals surface area contributed by atoms with Crippen molar-refractivity contribution in [2.45, 2.75) is 297 Å². The van der Waals surface area contributed by atoms with E-state index in [2.05, 4.69) is 106 Å². The molecule has 0 spiro atoms. The number of carbonyl (C=O) groups excluding carboxylic acids is 3. The number of carbonyl (C=O) groups is 3. The highest BCUT2D eigenvalue weighted by molar-refractivity contribution is 5.71. The predicted octanol–water partition coefficient (Wildman–Crippen LogP) is 20.3. The summed E-state index contributed by atoms with van der Waals surface area (Å²) in [6.07, 6.45) is 77.1. The first-order valence-corrected chi connectivity index (χ1v) is 30.1. The van der Waals surface area contributed by atoms with Crippen molar-refractivity contribution >= 4 is 17.9 Å². The summed E-state index contributed by atoms with van der Waals surface area (Å²) in [7, 11) is 0. The molecule has 0 aliphatic heterocycles. The monoisotopic (exact) mass is 989 g/mol. The summed E-state index contributed by atoms with van der Waals surface area (Å²) < 4.78 is 16.9. The lowest BCUT2D eigenvalue weighted by molar-refractivity contribution is -0.167. The van der Waals surface area contributed by atoms with E-state index in [1.54, 1.807) is 0 Å². The number of esters is 3. The van der Waals surface area contributed by atoms with Crippen LogP contribution in [0.5, 0.6) is 0 Å². The van der Waals surface area contributed by atoms with Crippen LogP contribution in [-0.4, -0.2) is 37.2 Å². The van der Waals surface area contributed by atoms with E-state index in [0.717, 1.165) is 96.3 Å². The second-order valence-corrected chi connectivity index (χ2v) is 19.9. The zero-order chi connectivity index (χ0) is 51.4. The Kier molecular flexibility index (Phi) is 56.3. The van der Waals surface area contributed by atoms with Gasteiger partial charge in [-0.2, -0.15) is 0 Å². The normalized spacial score (nSPS) is 12.7. The molecule has 0 amide bonds. The van der Waals surface area contributed by atoms with Gasteiger partial charge in [-0.25, -0.2) is 0 Å². The van der Waals surface area contributed by atoms with Crippen molar-refractivity contribution in [2.75, 3.05) is 13.2 Å². The molecular weight excluding hydrogens is 877 g/mol. The van der Waals surface area contributed by atoms with Gasteiger partial charge in [-0.05, 0) is 122 Å². The van der Waals surface area contributed by atoms with Gasteiger partial charge in [0, 0.05) is 19.3 Å². The lowest BCUT2D eigenvalue weighted by Crippen LogP contribution is -2.30. The van der Waals surface area contributed by atoms with Crippen LogP contribution >= 0.6 is 0 Å². The smallest absolute Gasteiger partial charge is 0.306 e. The van der Waals surface area contributed by atoms with Gasteiger partial charge in [-0.1, -0.05) is 234 Å². The van der Waals surface area contributed by atoms with Crippen molar-refractivity contribution in [1.82, 2.24) is 0 Å². The minimum Gasteiger partial charge on any atom is -0.462 e. The maximum Gasteiger partial charge on any atom is 0.306 e. The quantitative estimate of drug-likeness (QED) is 0.0261. The van der Waals surface area contributed by atoms with Gasteiger partial charge in [0.05, 0.1) is 0 Å². The van der Waals surface area contributed by atoms with Gasteiger partial charge in [0.1, 0.15) is 13.2 Å². The molecule has 6 nitrogen and oxygen atoms in total. The van der Waals surface area contributed by atoms with Crippen molar-refractivity contribution in [1.29, 1.82) is 0 Å². The van der Waals surface area contributed by atoms with Crippen molar-refractivity contribution in [3.05, 3.63) is 85.1 Å². The van der Waals surface area contributed by atoms with E-state index in [-0.39, 0.29) is 31.1 Å². The van der Waals surface area contributed by atoms with Gasteiger partial charge in [-0.3, -0.25) is 14.4 Å². The maximum atomic E-state index is 12.9. The Morgan fingerprint density at radius 3 is 0.845 bits per heavy atom. The molecule has 0 rings (SSSR count). The molecule has 0 heterocycles. The number of unbranched alkanes of at least 4 members (excludes halogenated alkanes) is 29. The van der Waals surface area contributed by atoms with Gasteiger partial charge in [0.25, 0.3) is 0 Å². The summed E-state index contributed by atoms with van der Waals surface area (Å²) in [6.45, 7) is 6.56. The van der Waals surface area contributed by atoms with Gasteiger partial charge >= 0.3 is 17.9 Å². The second kappa shape index (κ2) is 59.2. The van der Waals surface area contributed by atoms with Crippen LogP contribution in [-0.2, 0) is 28.6 Å². The maximum absolute atomic E-state index is 12.9. The van der Waals surface area contributed by atoms with E-state index in [0.29, 0.717) is 19.3 Å². The summed E-state index contributed by atoms with van der Waals surface area (Å²) in [5.74, 6) is -0.928. The summed E-state index contributed by atoms with van der Waals surface area (Å²) in [5.41, 5.74) is 0. The predicted molar refractivity (Wildman–Crippen MR) is 307 cm³/mol. The average molecular weight is 990 g/mol. The molecule has 0 fully saturated rings. The molecule has 408 valence electrons. The van der Waals surface area contributed by atoms with E-state index >= 15 is 0 Å². The van der Waals surface area contributed by atoms with Crippen LogP contribution in [0.1, 0.15) is 290 Å². The van der Waals surface area contributed by atoms with E-state index in [1.807, 2.05) is 0 Å². The van der Waals surface area contributed by atoms with Crippen LogP contribution in [0.3, 0.4) is 0 Å². The van der Waals surface area contributed by atoms with Crippen molar-refractivity contribution in [3.63, 3.8) is 0 Å². The fourth-order valence-corrected chi connectivity index (χ4v) is 8.27. The van der Waals surface area contributed by atoms with Crippen LogP contribution < -0.4 is 0 Å². The third kappa shape index (κ3) is 57.4. The Balaban J connectivity index is 4.46. The minimum absolute atomic E-state index is 0.0920. The van der Waals surface area contributed by atoms with E-state index in [9.17, 15) is 14.4 Å². The highest BCUT2D eigenvalue weighted by Crippen LogP contribution is 2.15. The first-order valence-electron chi connectivity index (χ1n) is 30.1. The van der Waals surface area contributed by atoms with Gasteiger partial charge in [0.15, 0.2) is 6.10 Å². The molecule has 0 N–H and O–H groups in total. The number of hydrogen-bond donors (Lipinski definition) is 0. The van der Waals surface area contributed by atoms with Crippen molar-refractivity contribution in [3.8, 4) is 0 Å². The van der Waals surface area contributed by atoms with Crippen molar-refractivity contribution in [2.24, 2.45) is 0 Å². The fourth-order valence-electron chi connectivity index (χ4n) is 8.27.